The molecule has 0 unspecified atom stereocenters. The molecule has 1 rings (SSSR count). The van der Waals surface area contributed by atoms with Gasteiger partial charge in [0.1, 0.15) is 0 Å². The molecule has 0 aliphatic rings. The minimum Gasteiger partial charge on any atom is -0.478 e. The summed E-state index contributed by atoms with van der Waals surface area (Å²) in [7, 11) is 0. The van der Waals surface area contributed by atoms with Crippen LogP contribution in [0, 0.1) is 12.3 Å². The number of amides is 2. The molecule has 0 aliphatic carbocycles. The summed E-state index contributed by atoms with van der Waals surface area (Å²) < 4.78 is 37.6. The maximum Gasteiger partial charge on any atom is 0.416 e. The molecule has 0 saturated heterocycles. The number of halogens is 3. The molecule has 2 amide bonds. The first-order valence-electron chi connectivity index (χ1n) is 5.68. The molecular weight excluding hydrogens is 289 g/mol. The fraction of sp³-hybridized carbons (Fsp3) is 0.231. The van der Waals surface area contributed by atoms with Gasteiger partial charge in [0.25, 0.3) is 0 Å². The maximum absolute atomic E-state index is 12.5. The summed E-state index contributed by atoms with van der Waals surface area (Å²) in [6, 6.07) is 1.27. The Labute approximate surface area is 118 Å². The van der Waals surface area contributed by atoms with Crippen LogP contribution in [-0.4, -0.2) is 23.7 Å². The number of hydrogen-bond donors (Lipinski definition) is 3. The number of alkyl halides is 3. The number of rotatable bonds is 4. The van der Waals surface area contributed by atoms with Crippen molar-refractivity contribution in [1.29, 1.82) is 0 Å². The lowest BCUT2D eigenvalue weighted by Crippen LogP contribution is -2.30. The summed E-state index contributed by atoms with van der Waals surface area (Å²) in [5.74, 6) is 0.696. The SMILES string of the molecule is C#CCCNC(=O)Nc1ccc(C(F)(F)F)cc1C(=O)O. The Morgan fingerprint density at radius 1 is 1.33 bits per heavy atom. The first-order valence-corrected chi connectivity index (χ1v) is 5.68. The Kier molecular flexibility index (Phi) is 5.18. The van der Waals surface area contributed by atoms with Crippen molar-refractivity contribution in [2.75, 3.05) is 11.9 Å². The van der Waals surface area contributed by atoms with E-state index in [1.54, 1.807) is 0 Å². The Balaban J connectivity index is 2.95. The van der Waals surface area contributed by atoms with E-state index in [0.29, 0.717) is 12.1 Å². The van der Waals surface area contributed by atoms with E-state index in [9.17, 15) is 22.8 Å². The average molecular weight is 300 g/mol. The first-order chi connectivity index (χ1) is 9.75. The number of terminal acetylenes is 1. The van der Waals surface area contributed by atoms with Crippen molar-refractivity contribution in [3.05, 3.63) is 29.3 Å². The van der Waals surface area contributed by atoms with Crippen LogP contribution in [0.4, 0.5) is 23.7 Å². The smallest absolute Gasteiger partial charge is 0.416 e. The number of carbonyl (C=O) groups is 2. The molecule has 5 nitrogen and oxygen atoms in total. The highest BCUT2D eigenvalue weighted by Gasteiger charge is 2.32. The van der Waals surface area contributed by atoms with Crippen LogP contribution in [0.2, 0.25) is 0 Å². The van der Waals surface area contributed by atoms with E-state index in [0.717, 1.165) is 6.07 Å². The molecule has 0 saturated carbocycles. The fourth-order valence-corrected chi connectivity index (χ4v) is 1.42. The van der Waals surface area contributed by atoms with E-state index in [2.05, 4.69) is 16.6 Å². The molecule has 0 atom stereocenters. The largest absolute Gasteiger partial charge is 0.478 e. The molecule has 0 spiro atoms. The Bertz CT molecular complexity index is 591. The van der Waals surface area contributed by atoms with Crippen LogP contribution in [0.5, 0.6) is 0 Å². The zero-order valence-corrected chi connectivity index (χ0v) is 10.6. The molecule has 0 radical (unpaired) electrons. The lowest BCUT2D eigenvalue weighted by atomic mass is 10.1. The van der Waals surface area contributed by atoms with Crippen LogP contribution < -0.4 is 10.6 Å². The van der Waals surface area contributed by atoms with Crippen molar-refractivity contribution in [2.45, 2.75) is 12.6 Å². The standard InChI is InChI=1S/C13H11F3N2O3/c1-2-3-6-17-12(21)18-10-5-4-8(13(14,15)16)7-9(10)11(19)20/h1,4-5,7H,3,6H2,(H,19,20)(H2,17,18,21). The molecule has 0 bridgehead atoms. The highest BCUT2D eigenvalue weighted by atomic mass is 19.4. The number of aromatic carboxylic acids is 1. The topological polar surface area (TPSA) is 78.4 Å². The Hall–Kier alpha value is -2.69. The molecule has 0 heterocycles. The number of carboxylic acids is 1. The lowest BCUT2D eigenvalue weighted by Gasteiger charge is -2.12. The molecule has 0 aromatic heterocycles. The van der Waals surface area contributed by atoms with Gasteiger partial charge >= 0.3 is 18.2 Å². The number of benzene rings is 1. The number of hydrogen-bond acceptors (Lipinski definition) is 2. The van der Waals surface area contributed by atoms with Crippen molar-refractivity contribution in [3.63, 3.8) is 0 Å². The Morgan fingerprint density at radius 3 is 2.52 bits per heavy atom. The van der Waals surface area contributed by atoms with Gasteiger partial charge in [-0.15, -0.1) is 12.3 Å². The second-order valence-corrected chi connectivity index (χ2v) is 3.90. The maximum atomic E-state index is 12.5. The summed E-state index contributed by atoms with van der Waals surface area (Å²) in [5.41, 5.74) is -2.01. The van der Waals surface area contributed by atoms with Gasteiger partial charge in [-0.05, 0) is 18.2 Å². The van der Waals surface area contributed by atoms with Gasteiger partial charge in [0.2, 0.25) is 0 Å². The quantitative estimate of drug-likeness (QED) is 0.590. The van der Waals surface area contributed by atoms with Crippen LogP contribution in [0.15, 0.2) is 18.2 Å². The third kappa shape index (κ3) is 4.72. The molecule has 0 fully saturated rings. The minimum absolute atomic E-state index is 0.158. The van der Waals surface area contributed by atoms with Crippen molar-refractivity contribution in [1.82, 2.24) is 5.32 Å². The van der Waals surface area contributed by atoms with Gasteiger partial charge in [-0.25, -0.2) is 9.59 Å². The van der Waals surface area contributed by atoms with E-state index in [1.165, 1.54) is 0 Å². The summed E-state index contributed by atoms with van der Waals surface area (Å²) in [6.45, 7) is 0.158. The van der Waals surface area contributed by atoms with Crippen molar-refractivity contribution in [2.24, 2.45) is 0 Å². The molecule has 1 aromatic rings. The van der Waals surface area contributed by atoms with Crippen LogP contribution in [0.3, 0.4) is 0 Å². The van der Waals surface area contributed by atoms with Crippen molar-refractivity contribution in [3.8, 4) is 12.3 Å². The summed E-state index contributed by atoms with van der Waals surface area (Å²) >= 11 is 0. The molecule has 1 aromatic carbocycles. The fourth-order valence-electron chi connectivity index (χ4n) is 1.42. The first kappa shape index (κ1) is 16.4. The molecule has 21 heavy (non-hydrogen) atoms. The van der Waals surface area contributed by atoms with E-state index in [4.69, 9.17) is 11.5 Å². The van der Waals surface area contributed by atoms with Gasteiger partial charge in [-0.3, -0.25) is 0 Å². The van der Waals surface area contributed by atoms with Gasteiger partial charge < -0.3 is 15.7 Å². The van der Waals surface area contributed by atoms with Crippen LogP contribution in [0.25, 0.3) is 0 Å². The summed E-state index contributed by atoms with van der Waals surface area (Å²) in [6.07, 6.45) is 0.584. The second kappa shape index (κ2) is 6.65. The summed E-state index contributed by atoms with van der Waals surface area (Å²) in [5, 5.41) is 13.4. The monoisotopic (exact) mass is 300 g/mol. The predicted molar refractivity (Wildman–Crippen MR) is 68.9 cm³/mol. The number of urea groups is 1. The van der Waals surface area contributed by atoms with Gasteiger partial charge in [-0.1, -0.05) is 0 Å². The van der Waals surface area contributed by atoms with Gasteiger partial charge in [0.05, 0.1) is 16.8 Å². The number of anilines is 1. The van der Waals surface area contributed by atoms with Crippen LogP contribution in [0.1, 0.15) is 22.3 Å². The molecule has 3 N–H and O–H groups in total. The van der Waals surface area contributed by atoms with Gasteiger partial charge in [-0.2, -0.15) is 13.2 Å². The van der Waals surface area contributed by atoms with Crippen LogP contribution in [-0.2, 0) is 6.18 Å². The van der Waals surface area contributed by atoms with Gasteiger partial charge in [0, 0.05) is 13.0 Å². The third-order valence-electron chi connectivity index (χ3n) is 2.38. The van der Waals surface area contributed by atoms with Crippen molar-refractivity contribution < 1.29 is 27.9 Å². The predicted octanol–water partition coefficient (Wildman–Crippen LogP) is 2.55. The Morgan fingerprint density at radius 2 is 2.00 bits per heavy atom. The third-order valence-corrected chi connectivity index (χ3v) is 2.38. The summed E-state index contributed by atoms with van der Waals surface area (Å²) in [4.78, 5) is 22.4. The number of carboxylic acid groups (broad SMARTS) is 1. The average Bonchev–Trinajstić information content (AvgIpc) is 2.37. The van der Waals surface area contributed by atoms with E-state index < -0.39 is 29.3 Å². The minimum atomic E-state index is -4.67. The molecule has 112 valence electrons. The molecule has 8 heteroatoms. The van der Waals surface area contributed by atoms with E-state index >= 15 is 0 Å². The zero-order valence-electron chi connectivity index (χ0n) is 10.6. The number of nitrogens with one attached hydrogen (secondary N) is 2. The lowest BCUT2D eigenvalue weighted by molar-refractivity contribution is -0.137. The molecule has 0 aliphatic heterocycles. The second-order valence-electron chi connectivity index (χ2n) is 3.90. The number of carbonyl (C=O) groups excluding carboxylic acids is 1. The van der Waals surface area contributed by atoms with Crippen LogP contribution >= 0.6 is 0 Å². The van der Waals surface area contributed by atoms with E-state index in [-0.39, 0.29) is 18.7 Å². The highest BCUT2D eigenvalue weighted by Crippen LogP contribution is 2.31. The van der Waals surface area contributed by atoms with E-state index in [1.807, 2.05) is 0 Å². The zero-order chi connectivity index (χ0) is 16.0. The molecular formula is C13H11F3N2O3. The van der Waals surface area contributed by atoms with Gasteiger partial charge in [0.15, 0.2) is 0 Å². The normalized spacial score (nSPS) is 10.6. The van der Waals surface area contributed by atoms with Crippen molar-refractivity contribution >= 4 is 17.7 Å². The highest BCUT2D eigenvalue weighted by molar-refractivity contribution is 6.00.